The number of carboxylic acid groups (broad SMARTS) is 1. The van der Waals surface area contributed by atoms with Gasteiger partial charge in [0.2, 0.25) is 5.91 Å². The molecule has 14 heavy (non-hydrogen) atoms. The highest BCUT2D eigenvalue weighted by molar-refractivity contribution is 5.79. The van der Waals surface area contributed by atoms with Crippen molar-refractivity contribution in [2.45, 2.75) is 12.5 Å². The number of hydrogen-bond acceptors (Lipinski definition) is 4. The molecule has 0 aromatic rings. The third-order valence-electron chi connectivity index (χ3n) is 2.21. The quantitative estimate of drug-likeness (QED) is 0.500. The van der Waals surface area contributed by atoms with E-state index in [1.165, 1.54) is 0 Å². The number of aliphatic carboxylic acids is 1. The SMILES string of the molecule is NC(CCN1CCNCC1=O)C(=O)O. The van der Waals surface area contributed by atoms with Crippen molar-refractivity contribution in [3.8, 4) is 0 Å². The molecule has 1 aliphatic heterocycles. The van der Waals surface area contributed by atoms with Gasteiger partial charge in [-0.05, 0) is 6.42 Å². The summed E-state index contributed by atoms with van der Waals surface area (Å²) in [5.74, 6) is -1.01. The zero-order valence-electron chi connectivity index (χ0n) is 7.90. The Balaban J connectivity index is 2.29. The number of nitrogens with zero attached hydrogens (tertiary/aromatic N) is 1. The van der Waals surface area contributed by atoms with E-state index in [9.17, 15) is 9.59 Å². The lowest BCUT2D eigenvalue weighted by molar-refractivity contribution is -0.139. The van der Waals surface area contributed by atoms with Gasteiger partial charge < -0.3 is 21.1 Å². The normalized spacial score (nSPS) is 19.5. The van der Waals surface area contributed by atoms with Gasteiger partial charge in [0.25, 0.3) is 0 Å². The zero-order valence-corrected chi connectivity index (χ0v) is 7.90. The first-order chi connectivity index (χ1) is 6.61. The van der Waals surface area contributed by atoms with Gasteiger partial charge in [0.05, 0.1) is 6.54 Å². The van der Waals surface area contributed by atoms with Crippen molar-refractivity contribution >= 4 is 11.9 Å². The second kappa shape index (κ2) is 4.92. The molecule has 0 radical (unpaired) electrons. The summed E-state index contributed by atoms with van der Waals surface area (Å²) in [6, 6.07) is -0.877. The Hall–Kier alpha value is -1.14. The number of piperazine rings is 1. The van der Waals surface area contributed by atoms with E-state index in [4.69, 9.17) is 10.8 Å². The molecule has 1 amide bonds. The average molecular weight is 201 g/mol. The summed E-state index contributed by atoms with van der Waals surface area (Å²) in [6.45, 7) is 2.15. The molecule has 0 bridgehead atoms. The van der Waals surface area contributed by atoms with Crippen LogP contribution in [0.15, 0.2) is 0 Å². The Morgan fingerprint density at radius 2 is 2.43 bits per heavy atom. The summed E-state index contributed by atoms with van der Waals surface area (Å²) in [7, 11) is 0. The molecule has 1 rings (SSSR count). The van der Waals surface area contributed by atoms with Crippen LogP contribution in [0.25, 0.3) is 0 Å². The number of rotatable bonds is 4. The third-order valence-corrected chi connectivity index (χ3v) is 2.21. The largest absolute Gasteiger partial charge is 0.480 e. The van der Waals surface area contributed by atoms with Gasteiger partial charge in [0, 0.05) is 19.6 Å². The molecule has 1 fully saturated rings. The van der Waals surface area contributed by atoms with Gasteiger partial charge in [0.15, 0.2) is 0 Å². The van der Waals surface area contributed by atoms with Crippen molar-refractivity contribution < 1.29 is 14.7 Å². The summed E-state index contributed by atoms with van der Waals surface area (Å²) in [4.78, 5) is 23.3. The molecule has 1 aliphatic rings. The van der Waals surface area contributed by atoms with Gasteiger partial charge in [-0.3, -0.25) is 9.59 Å². The van der Waals surface area contributed by atoms with Crippen molar-refractivity contribution in [2.75, 3.05) is 26.2 Å². The van der Waals surface area contributed by atoms with Gasteiger partial charge in [-0.25, -0.2) is 0 Å². The lowest BCUT2D eigenvalue weighted by atomic mass is 10.2. The predicted molar refractivity (Wildman–Crippen MR) is 49.7 cm³/mol. The molecule has 0 aliphatic carbocycles. The van der Waals surface area contributed by atoms with Gasteiger partial charge in [-0.15, -0.1) is 0 Å². The highest BCUT2D eigenvalue weighted by Gasteiger charge is 2.19. The summed E-state index contributed by atoms with van der Waals surface area (Å²) >= 11 is 0. The van der Waals surface area contributed by atoms with E-state index in [-0.39, 0.29) is 5.91 Å². The molecule has 0 aromatic carbocycles. The summed E-state index contributed by atoms with van der Waals surface area (Å²) in [5.41, 5.74) is 5.33. The van der Waals surface area contributed by atoms with Crippen LogP contribution in [-0.4, -0.2) is 54.1 Å². The molecule has 0 saturated carbocycles. The van der Waals surface area contributed by atoms with Crippen molar-refractivity contribution in [3.05, 3.63) is 0 Å². The molecule has 1 atom stereocenters. The molecule has 6 heteroatoms. The van der Waals surface area contributed by atoms with E-state index in [1.807, 2.05) is 0 Å². The van der Waals surface area contributed by atoms with Crippen molar-refractivity contribution in [2.24, 2.45) is 5.73 Å². The number of nitrogens with two attached hydrogens (primary N) is 1. The number of hydrogen-bond donors (Lipinski definition) is 3. The highest BCUT2D eigenvalue weighted by atomic mass is 16.4. The fourth-order valence-corrected chi connectivity index (χ4v) is 1.30. The molecule has 6 nitrogen and oxygen atoms in total. The standard InChI is InChI=1S/C8H15N3O3/c9-6(8(13)14)1-3-11-4-2-10-5-7(11)12/h6,10H,1-5,9H2,(H,13,14). The van der Waals surface area contributed by atoms with Crippen LogP contribution in [0.1, 0.15) is 6.42 Å². The van der Waals surface area contributed by atoms with E-state index in [0.717, 1.165) is 6.54 Å². The number of nitrogens with one attached hydrogen (secondary N) is 1. The Bertz CT molecular complexity index is 232. The van der Waals surface area contributed by atoms with Crippen LogP contribution < -0.4 is 11.1 Å². The Kier molecular flexibility index (Phi) is 3.84. The minimum absolute atomic E-state index is 0.00818. The Morgan fingerprint density at radius 3 is 3.00 bits per heavy atom. The number of carbonyl (C=O) groups is 2. The third kappa shape index (κ3) is 2.97. The van der Waals surface area contributed by atoms with Gasteiger partial charge >= 0.3 is 5.97 Å². The van der Waals surface area contributed by atoms with Crippen molar-refractivity contribution in [1.29, 1.82) is 0 Å². The molecule has 1 saturated heterocycles. The number of carbonyl (C=O) groups excluding carboxylic acids is 1. The zero-order chi connectivity index (χ0) is 10.6. The van der Waals surface area contributed by atoms with Crippen LogP contribution >= 0.6 is 0 Å². The fraction of sp³-hybridized carbons (Fsp3) is 0.750. The van der Waals surface area contributed by atoms with Crippen LogP contribution in [-0.2, 0) is 9.59 Å². The van der Waals surface area contributed by atoms with E-state index in [2.05, 4.69) is 5.32 Å². The van der Waals surface area contributed by atoms with E-state index in [1.54, 1.807) is 4.90 Å². The molecular weight excluding hydrogens is 186 g/mol. The van der Waals surface area contributed by atoms with Gasteiger partial charge in [0.1, 0.15) is 6.04 Å². The molecule has 1 heterocycles. The molecule has 4 N–H and O–H groups in total. The minimum atomic E-state index is -1.02. The van der Waals surface area contributed by atoms with E-state index >= 15 is 0 Å². The van der Waals surface area contributed by atoms with Crippen LogP contribution in [0.4, 0.5) is 0 Å². The van der Waals surface area contributed by atoms with Crippen LogP contribution in [0.2, 0.25) is 0 Å². The first kappa shape index (κ1) is 10.9. The summed E-state index contributed by atoms with van der Waals surface area (Å²) < 4.78 is 0. The second-order valence-corrected chi connectivity index (χ2v) is 3.29. The van der Waals surface area contributed by atoms with E-state index in [0.29, 0.717) is 26.1 Å². The molecule has 0 spiro atoms. The van der Waals surface area contributed by atoms with Crippen molar-refractivity contribution in [1.82, 2.24) is 10.2 Å². The average Bonchev–Trinajstić information content (AvgIpc) is 2.16. The van der Waals surface area contributed by atoms with Crippen LogP contribution in [0.3, 0.4) is 0 Å². The molecule has 1 unspecified atom stereocenters. The highest BCUT2D eigenvalue weighted by Crippen LogP contribution is 1.98. The Labute approximate surface area is 82.1 Å². The lowest BCUT2D eigenvalue weighted by Crippen LogP contribution is -2.49. The minimum Gasteiger partial charge on any atom is -0.480 e. The maximum absolute atomic E-state index is 11.3. The van der Waals surface area contributed by atoms with Crippen molar-refractivity contribution in [3.63, 3.8) is 0 Å². The van der Waals surface area contributed by atoms with Crippen LogP contribution in [0.5, 0.6) is 0 Å². The first-order valence-corrected chi connectivity index (χ1v) is 4.58. The second-order valence-electron chi connectivity index (χ2n) is 3.29. The maximum Gasteiger partial charge on any atom is 0.320 e. The number of amides is 1. The lowest BCUT2D eigenvalue weighted by Gasteiger charge is -2.27. The smallest absolute Gasteiger partial charge is 0.320 e. The predicted octanol–water partition coefficient (Wildman–Crippen LogP) is -1.78. The molecular formula is C8H15N3O3. The summed E-state index contributed by atoms with van der Waals surface area (Å²) in [6.07, 6.45) is 0.307. The molecule has 0 aromatic heterocycles. The summed E-state index contributed by atoms with van der Waals surface area (Å²) in [5, 5.41) is 11.5. The maximum atomic E-state index is 11.3. The monoisotopic (exact) mass is 201 g/mol. The van der Waals surface area contributed by atoms with Crippen LogP contribution in [0, 0.1) is 0 Å². The van der Waals surface area contributed by atoms with Gasteiger partial charge in [-0.1, -0.05) is 0 Å². The topological polar surface area (TPSA) is 95.7 Å². The Morgan fingerprint density at radius 1 is 1.71 bits per heavy atom. The fourth-order valence-electron chi connectivity index (χ4n) is 1.30. The first-order valence-electron chi connectivity index (χ1n) is 4.58. The molecule has 80 valence electrons. The van der Waals surface area contributed by atoms with E-state index < -0.39 is 12.0 Å². The van der Waals surface area contributed by atoms with Gasteiger partial charge in [-0.2, -0.15) is 0 Å². The number of carboxylic acids is 1.